The third-order valence-corrected chi connectivity index (χ3v) is 9.24. The normalized spacial score (nSPS) is 16.6. The van der Waals surface area contributed by atoms with Crippen molar-refractivity contribution in [1.29, 1.82) is 0 Å². The maximum Gasteiger partial charge on any atom is 0.243 e. The van der Waals surface area contributed by atoms with Gasteiger partial charge >= 0.3 is 0 Å². The molecule has 3 rings (SSSR count). The van der Waals surface area contributed by atoms with Crippen molar-refractivity contribution in [3.05, 3.63) is 59.9 Å². The molecular formula is C22H29FN2O4S2. The highest BCUT2D eigenvalue weighted by Gasteiger charge is 2.34. The molecule has 6 nitrogen and oxygen atoms in total. The van der Waals surface area contributed by atoms with Crippen LogP contribution in [0.25, 0.3) is 0 Å². The van der Waals surface area contributed by atoms with Gasteiger partial charge in [-0.15, -0.1) is 0 Å². The van der Waals surface area contributed by atoms with Crippen molar-refractivity contribution in [3.63, 3.8) is 0 Å². The van der Waals surface area contributed by atoms with E-state index in [4.69, 9.17) is 0 Å². The summed E-state index contributed by atoms with van der Waals surface area (Å²) in [5, 5.41) is 0. The molecule has 0 spiro atoms. The van der Waals surface area contributed by atoms with Gasteiger partial charge in [0.15, 0.2) is 0 Å². The van der Waals surface area contributed by atoms with E-state index in [0.717, 1.165) is 25.7 Å². The quantitative estimate of drug-likeness (QED) is 0.602. The molecule has 2 aromatic rings. The van der Waals surface area contributed by atoms with Crippen LogP contribution in [0.5, 0.6) is 0 Å². The fraction of sp³-hybridized carbons (Fsp3) is 0.455. The van der Waals surface area contributed by atoms with Crippen LogP contribution in [0.4, 0.5) is 4.39 Å². The fourth-order valence-electron chi connectivity index (χ4n) is 3.74. The highest BCUT2D eigenvalue weighted by Crippen LogP contribution is 2.31. The summed E-state index contributed by atoms with van der Waals surface area (Å²) in [4.78, 5) is 0.00602. The molecule has 9 heteroatoms. The topological polar surface area (TPSA) is 83.5 Å². The highest BCUT2D eigenvalue weighted by molar-refractivity contribution is 7.89. The van der Waals surface area contributed by atoms with Gasteiger partial charge in [-0.05, 0) is 56.5 Å². The van der Waals surface area contributed by atoms with Gasteiger partial charge in [0.1, 0.15) is 5.82 Å². The number of benzene rings is 2. The van der Waals surface area contributed by atoms with Crippen molar-refractivity contribution >= 4 is 20.0 Å². The minimum absolute atomic E-state index is 0.00164. The lowest BCUT2D eigenvalue weighted by molar-refractivity contribution is 0.312. The van der Waals surface area contributed by atoms with Crippen LogP contribution in [0.3, 0.4) is 0 Å². The smallest absolute Gasteiger partial charge is 0.208 e. The van der Waals surface area contributed by atoms with E-state index in [-0.39, 0.29) is 28.4 Å². The zero-order valence-electron chi connectivity index (χ0n) is 17.8. The van der Waals surface area contributed by atoms with E-state index in [1.54, 1.807) is 25.1 Å². The van der Waals surface area contributed by atoms with E-state index in [1.165, 1.54) is 34.6 Å². The molecule has 2 aromatic carbocycles. The van der Waals surface area contributed by atoms with Crippen LogP contribution in [-0.2, 0) is 26.6 Å². The van der Waals surface area contributed by atoms with Gasteiger partial charge in [0.05, 0.1) is 9.79 Å². The van der Waals surface area contributed by atoms with E-state index in [1.807, 2.05) is 6.92 Å². The first-order valence-electron chi connectivity index (χ1n) is 10.5. The lowest BCUT2D eigenvalue weighted by Crippen LogP contribution is -2.38. The van der Waals surface area contributed by atoms with Crippen molar-refractivity contribution in [2.24, 2.45) is 0 Å². The predicted octanol–water partition coefficient (Wildman–Crippen LogP) is 4.04. The van der Waals surface area contributed by atoms with Gasteiger partial charge in [-0.3, -0.25) is 0 Å². The third-order valence-electron chi connectivity index (χ3n) is 5.73. The number of sulfonamides is 2. The second-order valence-corrected chi connectivity index (χ2v) is 11.6. The average molecular weight is 469 g/mol. The summed E-state index contributed by atoms with van der Waals surface area (Å²) in [6.07, 6.45) is 3.93. The molecule has 31 heavy (non-hydrogen) atoms. The van der Waals surface area contributed by atoms with Gasteiger partial charge in [-0.25, -0.2) is 25.9 Å². The molecule has 0 saturated heterocycles. The van der Waals surface area contributed by atoms with E-state index in [9.17, 15) is 21.2 Å². The van der Waals surface area contributed by atoms with Crippen LogP contribution in [-0.4, -0.2) is 33.2 Å². The minimum atomic E-state index is -3.94. The number of hydrogen-bond donors (Lipinski definition) is 1. The number of halogens is 1. The third kappa shape index (κ3) is 5.52. The first-order chi connectivity index (χ1) is 14.6. The van der Waals surface area contributed by atoms with Gasteiger partial charge in [0.25, 0.3) is 0 Å². The monoisotopic (exact) mass is 468 g/mol. The van der Waals surface area contributed by atoms with Crippen molar-refractivity contribution in [2.45, 2.75) is 74.4 Å². The molecule has 1 saturated carbocycles. The largest absolute Gasteiger partial charge is 0.243 e. The first kappa shape index (κ1) is 23.8. The zero-order valence-corrected chi connectivity index (χ0v) is 19.4. The Hall–Kier alpha value is -1.81. The standard InChI is InChI=1S/C22H29FN2O4S2/c1-3-17(2)24-30(26,27)20-12-14-21(15-13-20)31(28,29)25(19-9-5-6-10-19)16-18-8-4-7-11-22(18)23/h4,7-8,11-15,17,19,24H,3,5-6,9-10,16H2,1-2H3/t17-/m0/s1. The highest BCUT2D eigenvalue weighted by atomic mass is 32.2. The van der Waals surface area contributed by atoms with Crippen molar-refractivity contribution in [1.82, 2.24) is 9.03 Å². The molecule has 1 atom stereocenters. The van der Waals surface area contributed by atoms with Crippen LogP contribution < -0.4 is 4.72 Å². The van der Waals surface area contributed by atoms with Crippen molar-refractivity contribution in [2.75, 3.05) is 0 Å². The second-order valence-electron chi connectivity index (χ2n) is 7.98. The summed E-state index contributed by atoms with van der Waals surface area (Å²) in [7, 11) is -7.67. The Balaban J connectivity index is 1.92. The molecular weight excluding hydrogens is 439 g/mol. The van der Waals surface area contributed by atoms with E-state index < -0.39 is 25.9 Å². The Morgan fingerprint density at radius 1 is 1.00 bits per heavy atom. The van der Waals surface area contributed by atoms with Crippen LogP contribution >= 0.6 is 0 Å². The molecule has 1 aliphatic rings. The summed E-state index contributed by atoms with van der Waals surface area (Å²) < 4.78 is 70.0. The number of hydrogen-bond acceptors (Lipinski definition) is 4. The molecule has 0 aromatic heterocycles. The van der Waals surface area contributed by atoms with Gasteiger partial charge in [0.2, 0.25) is 20.0 Å². The maximum atomic E-state index is 14.2. The molecule has 170 valence electrons. The fourth-order valence-corrected chi connectivity index (χ4v) is 6.73. The Labute approximate surface area is 184 Å². The summed E-state index contributed by atoms with van der Waals surface area (Å²) in [6, 6.07) is 10.9. The molecule has 0 heterocycles. The number of nitrogens with one attached hydrogen (secondary N) is 1. The predicted molar refractivity (Wildman–Crippen MR) is 118 cm³/mol. The Morgan fingerprint density at radius 2 is 1.58 bits per heavy atom. The number of nitrogens with zero attached hydrogens (tertiary/aromatic N) is 1. The molecule has 1 aliphatic carbocycles. The van der Waals surface area contributed by atoms with E-state index in [0.29, 0.717) is 12.0 Å². The van der Waals surface area contributed by atoms with Crippen LogP contribution in [0.15, 0.2) is 58.3 Å². The average Bonchev–Trinajstić information content (AvgIpc) is 3.27. The molecule has 0 unspecified atom stereocenters. The van der Waals surface area contributed by atoms with Gasteiger partial charge < -0.3 is 0 Å². The summed E-state index contributed by atoms with van der Waals surface area (Å²) in [6.45, 7) is 3.57. The molecule has 1 N–H and O–H groups in total. The van der Waals surface area contributed by atoms with Crippen molar-refractivity contribution in [3.8, 4) is 0 Å². The number of rotatable bonds is 9. The lowest BCUT2D eigenvalue weighted by Gasteiger charge is -2.28. The molecule has 0 bridgehead atoms. The first-order valence-corrected chi connectivity index (χ1v) is 13.4. The molecule has 0 amide bonds. The summed E-state index contributed by atoms with van der Waals surface area (Å²) in [5.74, 6) is -0.446. The lowest BCUT2D eigenvalue weighted by atomic mass is 10.2. The van der Waals surface area contributed by atoms with Gasteiger partial charge in [0, 0.05) is 24.2 Å². The summed E-state index contributed by atoms with van der Waals surface area (Å²) >= 11 is 0. The Kier molecular flexibility index (Phi) is 7.51. The SMILES string of the molecule is CC[C@H](C)NS(=O)(=O)c1ccc(S(=O)(=O)N(Cc2ccccc2F)C2CCCC2)cc1. The van der Waals surface area contributed by atoms with Crippen molar-refractivity contribution < 1.29 is 21.2 Å². The molecule has 1 fully saturated rings. The maximum absolute atomic E-state index is 14.2. The zero-order chi connectivity index (χ0) is 22.6. The summed E-state index contributed by atoms with van der Waals surface area (Å²) in [5.41, 5.74) is 0.315. The van der Waals surface area contributed by atoms with Gasteiger partial charge in [-0.1, -0.05) is 38.0 Å². The van der Waals surface area contributed by atoms with E-state index >= 15 is 0 Å². The van der Waals surface area contributed by atoms with Crippen LogP contribution in [0.1, 0.15) is 51.5 Å². The van der Waals surface area contributed by atoms with E-state index in [2.05, 4.69) is 4.72 Å². The molecule has 0 radical (unpaired) electrons. The van der Waals surface area contributed by atoms with Gasteiger partial charge in [-0.2, -0.15) is 4.31 Å². The Bertz CT molecular complexity index is 1100. The second kappa shape index (κ2) is 9.77. The minimum Gasteiger partial charge on any atom is -0.208 e. The van der Waals surface area contributed by atoms with Crippen LogP contribution in [0, 0.1) is 5.82 Å². The molecule has 0 aliphatic heterocycles. The van der Waals surface area contributed by atoms with Crippen LogP contribution in [0.2, 0.25) is 0 Å². The Morgan fingerprint density at radius 3 is 2.16 bits per heavy atom.